The van der Waals surface area contributed by atoms with Crippen LogP contribution in [0.2, 0.25) is 0 Å². The van der Waals surface area contributed by atoms with Crippen LogP contribution in [0, 0.1) is 45.8 Å². The molecule has 10 atom stereocenters. The van der Waals surface area contributed by atoms with Crippen LogP contribution in [0.4, 0.5) is 18.9 Å². The van der Waals surface area contributed by atoms with Gasteiger partial charge in [0.25, 0.3) is 0 Å². The van der Waals surface area contributed by atoms with Gasteiger partial charge in [-0.2, -0.15) is 18.4 Å². The van der Waals surface area contributed by atoms with Gasteiger partial charge in [0.05, 0.1) is 17.6 Å². The van der Waals surface area contributed by atoms with Crippen LogP contribution in [0.3, 0.4) is 0 Å². The molecule has 5 saturated carbocycles. The predicted octanol–water partition coefficient (Wildman–Crippen LogP) is 2.98. The Balaban J connectivity index is 1.16. The van der Waals surface area contributed by atoms with Crippen molar-refractivity contribution in [2.45, 2.75) is 94.6 Å². The molecule has 13 heteroatoms. The number of alkyl halides is 3. The monoisotopic (exact) mass is 641 g/mol. The van der Waals surface area contributed by atoms with E-state index in [4.69, 9.17) is 0 Å². The maximum absolute atomic E-state index is 14.5. The van der Waals surface area contributed by atoms with Crippen molar-refractivity contribution >= 4 is 29.3 Å². The second-order valence-electron chi connectivity index (χ2n) is 15.4. The first kappa shape index (κ1) is 31.0. The first-order valence-corrected chi connectivity index (χ1v) is 16.1. The molecule has 1 unspecified atom stereocenters. The fourth-order valence-electron chi connectivity index (χ4n) is 10.4. The van der Waals surface area contributed by atoms with Crippen LogP contribution >= 0.6 is 0 Å². The fourth-order valence-corrected chi connectivity index (χ4v) is 10.4. The number of carbonyl (C=O) groups is 4. The quantitative estimate of drug-likeness (QED) is 0.360. The topological polar surface area (TPSA) is 152 Å². The Kier molecular flexibility index (Phi) is 6.84. The van der Waals surface area contributed by atoms with Gasteiger partial charge >= 0.3 is 12.1 Å². The number of anilines is 1. The highest BCUT2D eigenvalue weighted by atomic mass is 19.4. The summed E-state index contributed by atoms with van der Waals surface area (Å²) in [5, 5.41) is 28.9. The minimum atomic E-state index is -5.23. The van der Waals surface area contributed by atoms with Crippen molar-refractivity contribution in [2.24, 2.45) is 34.5 Å². The van der Waals surface area contributed by atoms with Gasteiger partial charge in [-0.1, -0.05) is 32.0 Å². The largest absolute Gasteiger partial charge is 0.471 e. The Morgan fingerprint density at radius 3 is 2.43 bits per heavy atom. The molecule has 1 aromatic rings. The summed E-state index contributed by atoms with van der Waals surface area (Å²) in [6, 6.07) is 5.42. The first-order chi connectivity index (χ1) is 21.5. The molecule has 246 valence electrons. The van der Waals surface area contributed by atoms with Crippen LogP contribution < -0.4 is 16.0 Å². The standard InChI is InChI=1S/C33H38F3N5O5/c1-30(2)21-14-41(24(23(21)30)27(43)38-18(13-37)8-20-19-5-3-4-6-22(19)39-26(20)42)28(44)25(40-29(45)33(34,35)36)31-9-16-7-17(10-31)12-32(46,11-16)15-31/h3-6,16-18,20-21,23-25,46H,7-12,14-15H2,1-2H3,(H,38,43)(H,39,42)(H,40,45)/t16-,17+,18-,20?,21-,23-,24-,25+,31+,32+/m0/s1. The average Bonchev–Trinajstić information content (AvgIpc) is 3.26. The third-order valence-corrected chi connectivity index (χ3v) is 12.1. The minimum Gasteiger partial charge on any atom is -0.390 e. The summed E-state index contributed by atoms with van der Waals surface area (Å²) in [7, 11) is 0. The van der Waals surface area contributed by atoms with Gasteiger partial charge in [0, 0.05) is 17.6 Å². The summed E-state index contributed by atoms with van der Waals surface area (Å²) >= 11 is 0. The van der Waals surface area contributed by atoms with Crippen molar-refractivity contribution in [1.82, 2.24) is 15.5 Å². The lowest BCUT2D eigenvalue weighted by Crippen LogP contribution is -2.68. The van der Waals surface area contributed by atoms with E-state index in [-0.39, 0.29) is 54.4 Å². The molecule has 1 saturated heterocycles. The number of halogens is 3. The molecular weight excluding hydrogens is 603 g/mol. The van der Waals surface area contributed by atoms with E-state index in [9.17, 15) is 42.7 Å². The smallest absolute Gasteiger partial charge is 0.390 e. The molecule has 6 fully saturated rings. The molecule has 4 bridgehead atoms. The number of aliphatic hydroxyl groups is 1. The molecule has 2 heterocycles. The summed E-state index contributed by atoms with van der Waals surface area (Å²) in [4.78, 5) is 54.9. The zero-order valence-electron chi connectivity index (χ0n) is 25.7. The number of hydrogen-bond acceptors (Lipinski definition) is 6. The highest BCUT2D eigenvalue weighted by Crippen LogP contribution is 2.66. The summed E-state index contributed by atoms with van der Waals surface area (Å²) in [5.74, 6) is -4.90. The summed E-state index contributed by atoms with van der Waals surface area (Å²) < 4.78 is 40.9. The Morgan fingerprint density at radius 1 is 1.13 bits per heavy atom. The predicted molar refractivity (Wildman–Crippen MR) is 156 cm³/mol. The number of piperidine rings is 1. The van der Waals surface area contributed by atoms with E-state index in [1.807, 2.05) is 19.2 Å². The number of nitrogens with one attached hydrogen (secondary N) is 3. The van der Waals surface area contributed by atoms with Crippen molar-refractivity contribution in [3.8, 4) is 6.07 Å². The van der Waals surface area contributed by atoms with Crippen LogP contribution in [0.5, 0.6) is 0 Å². The normalized spacial score (nSPS) is 37.4. The number of para-hydroxylation sites is 1. The molecule has 4 N–H and O–H groups in total. The number of carbonyl (C=O) groups excluding carboxylic acids is 4. The van der Waals surface area contributed by atoms with Crippen LogP contribution in [0.25, 0.3) is 0 Å². The summed E-state index contributed by atoms with van der Waals surface area (Å²) in [6.45, 7) is 4.04. The molecule has 0 aromatic heterocycles. The lowest BCUT2D eigenvalue weighted by Gasteiger charge is -2.62. The number of rotatable bonds is 7. The van der Waals surface area contributed by atoms with Gasteiger partial charge in [0.1, 0.15) is 18.1 Å². The van der Waals surface area contributed by atoms with Gasteiger partial charge in [-0.15, -0.1) is 0 Å². The van der Waals surface area contributed by atoms with Gasteiger partial charge in [0.15, 0.2) is 0 Å². The molecule has 8 rings (SSSR count). The second-order valence-corrected chi connectivity index (χ2v) is 15.4. The maximum atomic E-state index is 14.5. The average molecular weight is 642 g/mol. The Bertz CT molecular complexity index is 1540. The van der Waals surface area contributed by atoms with E-state index in [1.54, 1.807) is 24.3 Å². The first-order valence-electron chi connectivity index (χ1n) is 16.1. The minimum absolute atomic E-state index is 0.00201. The molecule has 7 aliphatic rings. The third kappa shape index (κ3) is 4.86. The van der Waals surface area contributed by atoms with E-state index >= 15 is 0 Å². The molecule has 10 nitrogen and oxygen atoms in total. The van der Waals surface area contributed by atoms with Gasteiger partial charge in [-0.05, 0) is 85.7 Å². The number of likely N-dealkylation sites (tertiary alicyclic amines) is 1. The number of amides is 4. The fraction of sp³-hybridized carbons (Fsp3) is 0.667. The molecule has 0 radical (unpaired) electrons. The van der Waals surface area contributed by atoms with E-state index < -0.39 is 59.0 Å². The second kappa shape index (κ2) is 10.2. The number of hydrogen-bond donors (Lipinski definition) is 4. The summed E-state index contributed by atoms with van der Waals surface area (Å²) in [5.41, 5.74) is -1.16. The van der Waals surface area contributed by atoms with Gasteiger partial charge in [-0.25, -0.2) is 0 Å². The van der Waals surface area contributed by atoms with Crippen molar-refractivity contribution < 1.29 is 37.5 Å². The molecule has 2 aliphatic heterocycles. The summed E-state index contributed by atoms with van der Waals surface area (Å²) in [6.07, 6.45) is -2.45. The van der Waals surface area contributed by atoms with Crippen molar-refractivity contribution in [1.29, 1.82) is 5.26 Å². The van der Waals surface area contributed by atoms with Crippen LogP contribution in [0.15, 0.2) is 24.3 Å². The molecule has 46 heavy (non-hydrogen) atoms. The number of nitrogens with zero attached hydrogens (tertiary/aromatic N) is 2. The molecule has 4 amide bonds. The molecule has 0 spiro atoms. The highest BCUT2D eigenvalue weighted by molar-refractivity contribution is 6.03. The Labute approximate surface area is 264 Å². The van der Waals surface area contributed by atoms with Gasteiger partial charge < -0.3 is 26.0 Å². The lowest BCUT2D eigenvalue weighted by molar-refractivity contribution is -0.191. The molecule has 1 aromatic carbocycles. The third-order valence-electron chi connectivity index (χ3n) is 12.1. The van der Waals surface area contributed by atoms with Gasteiger partial charge in [0.2, 0.25) is 17.7 Å². The Morgan fingerprint density at radius 2 is 1.80 bits per heavy atom. The van der Waals surface area contributed by atoms with Crippen molar-refractivity contribution in [3.63, 3.8) is 0 Å². The number of fused-ring (bicyclic) bond motifs is 2. The number of nitriles is 1. The highest BCUT2D eigenvalue weighted by Gasteiger charge is 2.71. The Hall–Kier alpha value is -3.66. The van der Waals surface area contributed by atoms with E-state index in [0.29, 0.717) is 36.9 Å². The molecular formula is C33H38F3N5O5. The maximum Gasteiger partial charge on any atom is 0.471 e. The van der Waals surface area contributed by atoms with Crippen molar-refractivity contribution in [3.05, 3.63) is 29.8 Å². The van der Waals surface area contributed by atoms with Crippen LogP contribution in [-0.2, 0) is 19.2 Å². The van der Waals surface area contributed by atoms with Crippen LogP contribution in [-0.4, -0.2) is 70.1 Å². The lowest BCUT2D eigenvalue weighted by atomic mass is 9.46. The van der Waals surface area contributed by atoms with E-state index in [2.05, 4.69) is 16.7 Å². The number of benzene rings is 1. The zero-order chi connectivity index (χ0) is 33.0. The van der Waals surface area contributed by atoms with Crippen molar-refractivity contribution in [2.75, 3.05) is 11.9 Å². The van der Waals surface area contributed by atoms with Gasteiger partial charge in [-0.3, -0.25) is 19.2 Å². The zero-order valence-corrected chi connectivity index (χ0v) is 25.7. The van der Waals surface area contributed by atoms with E-state index in [1.165, 1.54) is 4.90 Å². The van der Waals surface area contributed by atoms with Crippen LogP contribution in [0.1, 0.15) is 70.3 Å². The van der Waals surface area contributed by atoms with E-state index in [0.717, 1.165) is 6.42 Å². The molecule has 5 aliphatic carbocycles. The SMILES string of the molecule is CC1(C)[C@@H]2[C@@H](C(=O)N[C@H](C#N)CC3C(=O)Nc4ccccc43)N(C(=O)[C@@H](NC(=O)C(F)(F)F)[C@@]34C[C@@H]5C[C@@H](C[C@](O)(C5)C3)C4)C[C@@H]21.